The Bertz CT molecular complexity index is 302. The van der Waals surface area contributed by atoms with Crippen molar-refractivity contribution in [3.05, 3.63) is 18.3 Å². The maximum absolute atomic E-state index is 12.7. The van der Waals surface area contributed by atoms with Crippen LogP contribution in [0.2, 0.25) is 0 Å². The van der Waals surface area contributed by atoms with Gasteiger partial charge in [-0.25, -0.2) is 9.97 Å². The van der Waals surface area contributed by atoms with Gasteiger partial charge in [0.25, 0.3) is 0 Å². The van der Waals surface area contributed by atoms with Gasteiger partial charge in [-0.05, 0) is 6.42 Å². The summed E-state index contributed by atoms with van der Waals surface area (Å²) in [4.78, 5) is 7.27. The van der Waals surface area contributed by atoms with E-state index >= 15 is 0 Å². The molecule has 1 aromatic rings. The average molecular weight is 197 g/mol. The van der Waals surface area contributed by atoms with Gasteiger partial charge >= 0.3 is 0 Å². The fourth-order valence-corrected chi connectivity index (χ4v) is 1.42. The van der Waals surface area contributed by atoms with Crippen molar-refractivity contribution in [2.24, 2.45) is 5.92 Å². The van der Waals surface area contributed by atoms with Crippen LogP contribution in [0.3, 0.4) is 0 Å². The van der Waals surface area contributed by atoms with Crippen LogP contribution in [-0.2, 0) is 4.74 Å². The fourth-order valence-electron chi connectivity index (χ4n) is 1.42. The van der Waals surface area contributed by atoms with Crippen molar-refractivity contribution in [3.63, 3.8) is 0 Å². The molecule has 0 aliphatic carbocycles. The molecule has 0 spiro atoms. The Morgan fingerprint density at radius 1 is 1.57 bits per heavy atom. The van der Waals surface area contributed by atoms with E-state index in [-0.39, 0.29) is 0 Å². The van der Waals surface area contributed by atoms with Gasteiger partial charge in [0, 0.05) is 25.1 Å². The van der Waals surface area contributed by atoms with Crippen molar-refractivity contribution in [1.29, 1.82) is 0 Å². The van der Waals surface area contributed by atoms with E-state index in [0.29, 0.717) is 11.7 Å². The predicted molar refractivity (Wildman–Crippen MR) is 49.4 cm³/mol. The summed E-state index contributed by atoms with van der Waals surface area (Å²) >= 11 is 0. The molecule has 4 nitrogen and oxygen atoms in total. The minimum absolute atomic E-state index is 0.507. The normalized spacial score (nSPS) is 21.1. The van der Waals surface area contributed by atoms with Crippen LogP contribution >= 0.6 is 0 Å². The Kier molecular flexibility index (Phi) is 2.88. The van der Waals surface area contributed by atoms with Gasteiger partial charge in [0.1, 0.15) is 12.1 Å². The van der Waals surface area contributed by atoms with Gasteiger partial charge in [-0.3, -0.25) is 0 Å². The molecule has 1 atom stereocenters. The quantitative estimate of drug-likeness (QED) is 0.736. The predicted octanol–water partition coefficient (Wildman–Crippen LogP) is 1.06. The summed E-state index contributed by atoms with van der Waals surface area (Å²) in [5.41, 5.74) is 0. The average Bonchev–Trinajstić information content (AvgIpc) is 2.67. The molecule has 1 fully saturated rings. The van der Waals surface area contributed by atoms with Crippen LogP contribution in [0.25, 0.3) is 0 Å². The summed E-state index contributed by atoms with van der Waals surface area (Å²) in [6, 6.07) is 1.29. The van der Waals surface area contributed by atoms with Crippen molar-refractivity contribution in [1.82, 2.24) is 9.97 Å². The Morgan fingerprint density at radius 2 is 2.50 bits per heavy atom. The molecule has 14 heavy (non-hydrogen) atoms. The van der Waals surface area contributed by atoms with E-state index in [9.17, 15) is 4.39 Å². The first kappa shape index (κ1) is 9.33. The number of hydrogen-bond donors (Lipinski definition) is 1. The molecule has 1 aliphatic rings. The molecule has 1 saturated heterocycles. The molecule has 0 saturated carbocycles. The number of nitrogens with one attached hydrogen (secondary N) is 1. The third-order valence-electron chi connectivity index (χ3n) is 2.23. The lowest BCUT2D eigenvalue weighted by molar-refractivity contribution is 0.187. The molecule has 1 aliphatic heterocycles. The van der Waals surface area contributed by atoms with Gasteiger partial charge in [0.05, 0.1) is 6.61 Å². The van der Waals surface area contributed by atoms with Gasteiger partial charge in [-0.2, -0.15) is 4.39 Å². The molecule has 1 N–H and O–H groups in total. The van der Waals surface area contributed by atoms with E-state index < -0.39 is 5.95 Å². The third-order valence-corrected chi connectivity index (χ3v) is 2.23. The molecule has 5 heteroatoms. The minimum atomic E-state index is -0.509. The number of anilines is 1. The zero-order chi connectivity index (χ0) is 9.80. The molecule has 1 aromatic heterocycles. The summed E-state index contributed by atoms with van der Waals surface area (Å²) in [5.74, 6) is 0.530. The second kappa shape index (κ2) is 4.32. The van der Waals surface area contributed by atoms with E-state index in [1.165, 1.54) is 12.4 Å². The Morgan fingerprint density at radius 3 is 3.21 bits per heavy atom. The standard InChI is InChI=1S/C9H12FN3O/c10-8-3-9(13-6-12-8)11-4-7-1-2-14-5-7/h3,6-7H,1-2,4-5H2,(H,11,12,13). The summed E-state index contributed by atoms with van der Waals surface area (Å²) < 4.78 is 17.9. The molecule has 0 radical (unpaired) electrons. The van der Waals surface area contributed by atoms with Gasteiger partial charge in [-0.1, -0.05) is 0 Å². The number of ether oxygens (including phenoxy) is 1. The van der Waals surface area contributed by atoms with Gasteiger partial charge in [0.15, 0.2) is 0 Å². The highest BCUT2D eigenvalue weighted by Crippen LogP contribution is 2.13. The monoisotopic (exact) mass is 197 g/mol. The first-order chi connectivity index (χ1) is 6.84. The van der Waals surface area contributed by atoms with Crippen molar-refractivity contribution in [2.45, 2.75) is 6.42 Å². The van der Waals surface area contributed by atoms with E-state index in [2.05, 4.69) is 15.3 Å². The maximum atomic E-state index is 12.7. The van der Waals surface area contributed by atoms with E-state index in [0.717, 1.165) is 26.2 Å². The highest BCUT2D eigenvalue weighted by atomic mass is 19.1. The highest BCUT2D eigenvalue weighted by Gasteiger charge is 2.15. The first-order valence-electron chi connectivity index (χ1n) is 4.64. The lowest BCUT2D eigenvalue weighted by atomic mass is 10.1. The lowest BCUT2D eigenvalue weighted by Crippen LogP contribution is -2.14. The van der Waals surface area contributed by atoms with Crippen molar-refractivity contribution >= 4 is 5.82 Å². The zero-order valence-corrected chi connectivity index (χ0v) is 7.74. The summed E-state index contributed by atoms with van der Waals surface area (Å²) in [6.45, 7) is 2.38. The molecule has 2 heterocycles. The summed E-state index contributed by atoms with van der Waals surface area (Å²) in [6.07, 6.45) is 2.27. The number of aromatic nitrogens is 2. The highest BCUT2D eigenvalue weighted by molar-refractivity contribution is 5.31. The van der Waals surface area contributed by atoms with Crippen LogP contribution in [0.15, 0.2) is 12.4 Å². The summed E-state index contributed by atoms with van der Waals surface area (Å²) in [5, 5.41) is 3.06. The smallest absolute Gasteiger partial charge is 0.217 e. The van der Waals surface area contributed by atoms with Crippen LogP contribution < -0.4 is 5.32 Å². The molecule has 2 rings (SSSR count). The third kappa shape index (κ3) is 2.38. The van der Waals surface area contributed by atoms with E-state index in [4.69, 9.17) is 4.74 Å². The second-order valence-electron chi connectivity index (χ2n) is 3.34. The van der Waals surface area contributed by atoms with Gasteiger partial charge < -0.3 is 10.1 Å². The topological polar surface area (TPSA) is 47.0 Å². The SMILES string of the molecule is Fc1cc(NCC2CCOC2)ncn1. The molecule has 0 bridgehead atoms. The van der Waals surface area contributed by atoms with Gasteiger partial charge in [0.2, 0.25) is 5.95 Å². The molecular formula is C9H12FN3O. The lowest BCUT2D eigenvalue weighted by Gasteiger charge is -2.09. The first-order valence-corrected chi connectivity index (χ1v) is 4.64. The molecule has 1 unspecified atom stereocenters. The fraction of sp³-hybridized carbons (Fsp3) is 0.556. The van der Waals surface area contributed by atoms with Gasteiger partial charge in [-0.15, -0.1) is 0 Å². The number of hydrogen-bond acceptors (Lipinski definition) is 4. The molecule has 76 valence electrons. The van der Waals surface area contributed by atoms with Crippen LogP contribution in [0.4, 0.5) is 10.2 Å². The Hall–Kier alpha value is -1.23. The van der Waals surface area contributed by atoms with Crippen LogP contribution in [0.1, 0.15) is 6.42 Å². The summed E-state index contributed by atoms with van der Waals surface area (Å²) in [7, 11) is 0. The van der Waals surface area contributed by atoms with E-state index in [1.807, 2.05) is 0 Å². The van der Waals surface area contributed by atoms with Crippen molar-refractivity contribution < 1.29 is 9.13 Å². The minimum Gasteiger partial charge on any atom is -0.381 e. The van der Waals surface area contributed by atoms with Crippen molar-refractivity contribution in [2.75, 3.05) is 25.1 Å². The molecule has 0 aromatic carbocycles. The Labute approximate surface area is 81.5 Å². The largest absolute Gasteiger partial charge is 0.381 e. The number of rotatable bonds is 3. The molecule has 0 amide bonds. The second-order valence-corrected chi connectivity index (χ2v) is 3.34. The molecular weight excluding hydrogens is 185 g/mol. The number of nitrogens with zero attached hydrogens (tertiary/aromatic N) is 2. The number of halogens is 1. The van der Waals surface area contributed by atoms with Crippen LogP contribution in [0.5, 0.6) is 0 Å². The van der Waals surface area contributed by atoms with Crippen LogP contribution in [-0.4, -0.2) is 29.7 Å². The Balaban J connectivity index is 1.85. The van der Waals surface area contributed by atoms with Crippen LogP contribution in [0, 0.1) is 11.9 Å². The zero-order valence-electron chi connectivity index (χ0n) is 7.74. The van der Waals surface area contributed by atoms with Crippen molar-refractivity contribution in [3.8, 4) is 0 Å². The maximum Gasteiger partial charge on any atom is 0.217 e. The van der Waals surface area contributed by atoms with E-state index in [1.54, 1.807) is 0 Å².